The number of fused-ring (bicyclic) bond motifs is 1. The first-order chi connectivity index (χ1) is 11.6. The molecule has 2 N–H and O–H groups in total. The van der Waals surface area contributed by atoms with E-state index in [2.05, 4.69) is 59.8 Å². The predicted molar refractivity (Wildman–Crippen MR) is 98.4 cm³/mol. The highest BCUT2D eigenvalue weighted by molar-refractivity contribution is 5.84. The van der Waals surface area contributed by atoms with Crippen LogP contribution in [0, 0.1) is 6.92 Å². The minimum atomic E-state index is -0.0764. The van der Waals surface area contributed by atoms with Crippen LogP contribution in [0.25, 0.3) is 10.9 Å². The van der Waals surface area contributed by atoms with E-state index in [1.807, 2.05) is 12.1 Å². The molecular formula is C20H23N3O. The minimum absolute atomic E-state index is 0.0764. The van der Waals surface area contributed by atoms with Gasteiger partial charge in [0, 0.05) is 43.7 Å². The molecule has 0 aliphatic heterocycles. The maximum Gasteiger partial charge on any atom is 0.316 e. The largest absolute Gasteiger partial charge is 0.361 e. The number of para-hydroxylation sites is 1. The van der Waals surface area contributed by atoms with E-state index in [9.17, 15) is 4.79 Å². The third-order valence-electron chi connectivity index (χ3n) is 4.30. The number of carbonyl (C=O) groups excluding carboxylic acids is 1. The number of aryl methyl sites for hydroxylation is 1. The molecule has 124 valence electrons. The first-order valence-electron chi connectivity index (χ1n) is 8.14. The van der Waals surface area contributed by atoms with Crippen molar-refractivity contribution in [3.63, 3.8) is 0 Å². The van der Waals surface area contributed by atoms with Gasteiger partial charge in [-0.3, -0.25) is 0 Å². The van der Waals surface area contributed by atoms with Gasteiger partial charge in [-0.15, -0.1) is 0 Å². The lowest BCUT2D eigenvalue weighted by atomic mass is 9.90. The number of benzene rings is 2. The van der Waals surface area contributed by atoms with E-state index in [-0.39, 0.29) is 11.9 Å². The molecule has 0 saturated carbocycles. The van der Waals surface area contributed by atoms with E-state index in [1.165, 1.54) is 22.1 Å². The minimum Gasteiger partial charge on any atom is -0.361 e. The fourth-order valence-corrected chi connectivity index (χ4v) is 3.02. The van der Waals surface area contributed by atoms with E-state index < -0.39 is 0 Å². The summed E-state index contributed by atoms with van der Waals surface area (Å²) >= 11 is 0. The number of aromatic nitrogens is 1. The predicted octanol–water partition coefficient (Wildman–Crippen LogP) is 3.88. The molecular weight excluding hydrogens is 298 g/mol. The zero-order valence-electron chi connectivity index (χ0n) is 14.3. The highest BCUT2D eigenvalue weighted by atomic mass is 16.2. The van der Waals surface area contributed by atoms with Gasteiger partial charge in [0.1, 0.15) is 0 Å². The van der Waals surface area contributed by atoms with Crippen molar-refractivity contribution in [3.8, 4) is 0 Å². The number of carbonyl (C=O) groups is 1. The van der Waals surface area contributed by atoms with Gasteiger partial charge < -0.3 is 15.2 Å². The zero-order valence-corrected chi connectivity index (χ0v) is 14.3. The van der Waals surface area contributed by atoms with Crippen molar-refractivity contribution in [2.75, 3.05) is 20.6 Å². The summed E-state index contributed by atoms with van der Waals surface area (Å²) in [4.78, 5) is 16.9. The van der Waals surface area contributed by atoms with E-state index in [0.717, 1.165) is 5.52 Å². The molecule has 1 unspecified atom stereocenters. The molecule has 0 bridgehead atoms. The quantitative estimate of drug-likeness (QED) is 0.753. The number of hydrogen-bond acceptors (Lipinski definition) is 1. The van der Waals surface area contributed by atoms with Crippen LogP contribution in [0.5, 0.6) is 0 Å². The highest BCUT2D eigenvalue weighted by Gasteiger charge is 2.19. The Kier molecular flexibility index (Phi) is 4.56. The maximum atomic E-state index is 12.0. The highest BCUT2D eigenvalue weighted by Crippen LogP contribution is 2.30. The van der Waals surface area contributed by atoms with Crippen LogP contribution in [0.3, 0.4) is 0 Å². The number of hydrogen-bond donors (Lipinski definition) is 2. The van der Waals surface area contributed by atoms with Crippen molar-refractivity contribution < 1.29 is 4.79 Å². The molecule has 0 aliphatic carbocycles. The van der Waals surface area contributed by atoms with Crippen LogP contribution in [0.1, 0.15) is 22.6 Å². The Morgan fingerprint density at radius 3 is 2.71 bits per heavy atom. The summed E-state index contributed by atoms with van der Waals surface area (Å²) in [5.74, 6) is 0.102. The van der Waals surface area contributed by atoms with Crippen molar-refractivity contribution >= 4 is 16.9 Å². The smallest absolute Gasteiger partial charge is 0.316 e. The number of urea groups is 1. The third kappa shape index (κ3) is 3.27. The normalized spacial score (nSPS) is 12.1. The van der Waals surface area contributed by atoms with Gasteiger partial charge in [0.05, 0.1) is 0 Å². The maximum absolute atomic E-state index is 12.0. The lowest BCUT2D eigenvalue weighted by molar-refractivity contribution is 0.217. The molecule has 0 aliphatic rings. The summed E-state index contributed by atoms with van der Waals surface area (Å²) in [7, 11) is 3.51. The second-order valence-corrected chi connectivity index (χ2v) is 6.34. The Hall–Kier alpha value is -2.75. The molecule has 0 spiro atoms. The molecule has 4 nitrogen and oxygen atoms in total. The van der Waals surface area contributed by atoms with Gasteiger partial charge in [0.2, 0.25) is 0 Å². The molecule has 1 atom stereocenters. The van der Waals surface area contributed by atoms with Crippen LogP contribution in [-0.4, -0.2) is 36.6 Å². The van der Waals surface area contributed by atoms with Gasteiger partial charge in [-0.1, -0.05) is 48.0 Å². The Morgan fingerprint density at radius 1 is 1.17 bits per heavy atom. The van der Waals surface area contributed by atoms with Crippen LogP contribution in [0.4, 0.5) is 4.79 Å². The van der Waals surface area contributed by atoms with Gasteiger partial charge in [-0.2, -0.15) is 0 Å². The topological polar surface area (TPSA) is 48.1 Å². The first-order valence-corrected chi connectivity index (χ1v) is 8.14. The Balaban J connectivity index is 2.00. The van der Waals surface area contributed by atoms with Crippen LogP contribution >= 0.6 is 0 Å². The molecule has 3 rings (SSSR count). The second kappa shape index (κ2) is 6.79. The van der Waals surface area contributed by atoms with Crippen molar-refractivity contribution in [2.45, 2.75) is 12.8 Å². The SMILES string of the molecule is Cc1cccc(C(CNC(=O)N(C)C)c2c[nH]c3ccccc23)c1. The van der Waals surface area contributed by atoms with Gasteiger partial charge in [-0.25, -0.2) is 4.79 Å². The summed E-state index contributed by atoms with van der Waals surface area (Å²) in [5.41, 5.74) is 4.74. The summed E-state index contributed by atoms with van der Waals surface area (Å²) in [6.45, 7) is 2.65. The lowest BCUT2D eigenvalue weighted by Crippen LogP contribution is -2.37. The summed E-state index contributed by atoms with van der Waals surface area (Å²) in [5, 5.41) is 4.22. The van der Waals surface area contributed by atoms with E-state index in [4.69, 9.17) is 0 Å². The summed E-state index contributed by atoms with van der Waals surface area (Å²) in [6.07, 6.45) is 2.06. The van der Waals surface area contributed by atoms with Gasteiger partial charge in [0.15, 0.2) is 0 Å². The van der Waals surface area contributed by atoms with Crippen molar-refractivity contribution in [1.29, 1.82) is 0 Å². The molecule has 4 heteroatoms. The van der Waals surface area contributed by atoms with Crippen molar-refractivity contribution in [2.24, 2.45) is 0 Å². The standard InChI is InChI=1S/C20H23N3O/c1-14-7-6-8-15(11-14)17(12-22-20(24)23(2)3)18-13-21-19-10-5-4-9-16(18)19/h4-11,13,17,21H,12H2,1-3H3,(H,22,24). The number of amides is 2. The van der Waals surface area contributed by atoms with Crippen molar-refractivity contribution in [3.05, 3.63) is 71.4 Å². The van der Waals surface area contributed by atoms with Gasteiger partial charge >= 0.3 is 6.03 Å². The second-order valence-electron chi connectivity index (χ2n) is 6.34. The molecule has 24 heavy (non-hydrogen) atoms. The summed E-state index contributed by atoms with van der Waals surface area (Å²) < 4.78 is 0. The molecule has 0 saturated heterocycles. The molecule has 1 aromatic heterocycles. The number of aromatic amines is 1. The lowest BCUT2D eigenvalue weighted by Gasteiger charge is -2.20. The van der Waals surface area contributed by atoms with Crippen LogP contribution in [-0.2, 0) is 0 Å². The fraction of sp³-hybridized carbons (Fsp3) is 0.250. The molecule has 2 amide bonds. The number of nitrogens with zero attached hydrogens (tertiary/aromatic N) is 1. The average Bonchev–Trinajstić information content (AvgIpc) is 2.99. The molecule has 0 fully saturated rings. The van der Waals surface area contributed by atoms with Gasteiger partial charge in [0.25, 0.3) is 0 Å². The van der Waals surface area contributed by atoms with E-state index in [0.29, 0.717) is 6.54 Å². The Morgan fingerprint density at radius 2 is 1.96 bits per heavy atom. The van der Waals surface area contributed by atoms with E-state index >= 15 is 0 Å². The van der Waals surface area contributed by atoms with Crippen molar-refractivity contribution in [1.82, 2.24) is 15.2 Å². The first kappa shape index (κ1) is 16.1. The zero-order chi connectivity index (χ0) is 17.1. The van der Waals surface area contributed by atoms with Gasteiger partial charge in [-0.05, 0) is 24.1 Å². The fourth-order valence-electron chi connectivity index (χ4n) is 3.02. The van der Waals surface area contributed by atoms with Crippen LogP contribution in [0.2, 0.25) is 0 Å². The molecule has 2 aromatic carbocycles. The Labute approximate surface area is 142 Å². The average molecular weight is 321 g/mol. The van der Waals surface area contributed by atoms with Crippen LogP contribution in [0.15, 0.2) is 54.7 Å². The summed E-state index contributed by atoms with van der Waals surface area (Å²) in [6, 6.07) is 16.7. The number of nitrogens with one attached hydrogen (secondary N) is 2. The monoisotopic (exact) mass is 321 g/mol. The molecule has 0 radical (unpaired) electrons. The third-order valence-corrected chi connectivity index (χ3v) is 4.30. The van der Waals surface area contributed by atoms with Crippen LogP contribution < -0.4 is 5.32 Å². The van der Waals surface area contributed by atoms with E-state index in [1.54, 1.807) is 19.0 Å². The number of rotatable bonds is 4. The Bertz CT molecular complexity index is 851. The molecule has 1 heterocycles. The molecule has 3 aromatic rings. The number of H-pyrrole nitrogens is 1.